The minimum absolute atomic E-state index is 0.0340. The SMILES string of the molecule is N[C@H](Cc1ccncc1)C(=O)N1CCC2(CC1)C(=O)N(CC(=O)NC1CCCCC1)CN2c1ccccc1. The fourth-order valence-corrected chi connectivity index (χ4v) is 6.21. The highest BCUT2D eigenvalue weighted by atomic mass is 16.2. The topological polar surface area (TPSA) is 112 Å². The minimum atomic E-state index is -0.779. The first-order chi connectivity index (χ1) is 18.5. The number of nitrogens with one attached hydrogen (secondary N) is 1. The van der Waals surface area contributed by atoms with Gasteiger partial charge < -0.3 is 25.8 Å². The summed E-state index contributed by atoms with van der Waals surface area (Å²) < 4.78 is 0. The highest BCUT2D eigenvalue weighted by molar-refractivity contribution is 5.96. The number of nitrogens with two attached hydrogens (primary N) is 1. The number of carbonyl (C=O) groups is 3. The lowest BCUT2D eigenvalue weighted by Gasteiger charge is -2.43. The van der Waals surface area contributed by atoms with Crippen molar-refractivity contribution in [3.8, 4) is 0 Å². The zero-order chi connectivity index (χ0) is 26.5. The molecule has 1 spiro atoms. The van der Waals surface area contributed by atoms with Crippen molar-refractivity contribution in [2.75, 3.05) is 31.2 Å². The smallest absolute Gasteiger partial charge is 0.250 e. The fourth-order valence-electron chi connectivity index (χ4n) is 6.21. The van der Waals surface area contributed by atoms with E-state index in [9.17, 15) is 14.4 Å². The third-order valence-electron chi connectivity index (χ3n) is 8.31. The van der Waals surface area contributed by atoms with Gasteiger partial charge in [0.25, 0.3) is 5.91 Å². The van der Waals surface area contributed by atoms with Crippen molar-refractivity contribution in [3.05, 3.63) is 60.4 Å². The number of amides is 3. The number of hydrogen-bond donors (Lipinski definition) is 2. The van der Waals surface area contributed by atoms with Gasteiger partial charge in [-0.15, -0.1) is 0 Å². The summed E-state index contributed by atoms with van der Waals surface area (Å²) in [6.45, 7) is 1.30. The molecule has 3 fully saturated rings. The average molecular weight is 519 g/mol. The van der Waals surface area contributed by atoms with Crippen LogP contribution in [-0.4, -0.2) is 76.4 Å². The molecule has 2 aromatic rings. The Morgan fingerprint density at radius 2 is 1.71 bits per heavy atom. The Bertz CT molecular complexity index is 1110. The molecule has 0 bridgehead atoms. The minimum Gasteiger partial charge on any atom is -0.352 e. The summed E-state index contributed by atoms with van der Waals surface area (Å²) in [5, 5.41) is 3.14. The van der Waals surface area contributed by atoms with Gasteiger partial charge in [-0.3, -0.25) is 19.4 Å². The van der Waals surface area contributed by atoms with Gasteiger partial charge in [-0.2, -0.15) is 0 Å². The number of pyridine rings is 1. The molecule has 1 aromatic carbocycles. The molecule has 0 unspecified atom stereocenters. The second kappa shape index (κ2) is 11.5. The van der Waals surface area contributed by atoms with Gasteiger partial charge in [0.15, 0.2) is 0 Å². The van der Waals surface area contributed by atoms with Gasteiger partial charge in [-0.05, 0) is 61.9 Å². The van der Waals surface area contributed by atoms with E-state index in [-0.39, 0.29) is 30.3 Å². The van der Waals surface area contributed by atoms with Crippen LogP contribution in [0.1, 0.15) is 50.5 Å². The second-order valence-corrected chi connectivity index (χ2v) is 10.8. The van der Waals surface area contributed by atoms with E-state index in [1.165, 1.54) is 6.42 Å². The number of benzene rings is 1. The molecule has 9 nitrogen and oxygen atoms in total. The third kappa shape index (κ3) is 5.53. The number of carbonyl (C=O) groups excluding carboxylic acids is 3. The maximum atomic E-state index is 13.9. The maximum Gasteiger partial charge on any atom is 0.250 e. The second-order valence-electron chi connectivity index (χ2n) is 10.8. The van der Waals surface area contributed by atoms with E-state index < -0.39 is 11.6 Å². The molecule has 5 rings (SSSR count). The van der Waals surface area contributed by atoms with Gasteiger partial charge in [-0.25, -0.2) is 0 Å². The number of aromatic nitrogens is 1. The van der Waals surface area contributed by atoms with E-state index in [0.717, 1.165) is 36.9 Å². The Hall–Kier alpha value is -3.46. The molecule has 3 heterocycles. The van der Waals surface area contributed by atoms with Crippen LogP contribution in [0.3, 0.4) is 0 Å². The van der Waals surface area contributed by atoms with Gasteiger partial charge in [-0.1, -0.05) is 37.5 Å². The van der Waals surface area contributed by atoms with Crippen LogP contribution in [0.4, 0.5) is 5.69 Å². The molecular weight excluding hydrogens is 480 g/mol. The Balaban J connectivity index is 1.27. The van der Waals surface area contributed by atoms with Crippen LogP contribution >= 0.6 is 0 Å². The standard InChI is InChI=1S/C29H38N6O3/c30-25(19-22-11-15-31-16-12-22)27(37)33-17-13-29(14-18-33)28(38)34(21-35(29)24-9-5-2-6-10-24)20-26(36)32-23-7-3-1-4-8-23/h2,5-6,9-12,15-16,23,25H,1,3-4,7-8,13-14,17-21,30H2,(H,32,36)/t25-/m1/s1. The normalized spacial score (nSPS) is 20.6. The monoisotopic (exact) mass is 518 g/mol. The molecule has 2 aliphatic heterocycles. The van der Waals surface area contributed by atoms with Gasteiger partial charge in [0.05, 0.1) is 12.7 Å². The quantitative estimate of drug-likeness (QED) is 0.581. The molecule has 1 aromatic heterocycles. The summed E-state index contributed by atoms with van der Waals surface area (Å²) in [5.41, 5.74) is 7.42. The van der Waals surface area contributed by atoms with Crippen molar-refractivity contribution in [1.29, 1.82) is 0 Å². The van der Waals surface area contributed by atoms with E-state index in [4.69, 9.17) is 5.73 Å². The molecule has 3 aliphatic rings. The molecule has 9 heteroatoms. The molecule has 1 saturated carbocycles. The molecule has 38 heavy (non-hydrogen) atoms. The zero-order valence-corrected chi connectivity index (χ0v) is 21.9. The average Bonchev–Trinajstić information content (AvgIpc) is 3.20. The van der Waals surface area contributed by atoms with E-state index >= 15 is 0 Å². The first-order valence-electron chi connectivity index (χ1n) is 13.8. The molecule has 3 amide bonds. The van der Waals surface area contributed by atoms with Gasteiger partial charge in [0.2, 0.25) is 11.8 Å². The predicted octanol–water partition coefficient (Wildman–Crippen LogP) is 2.07. The number of rotatable bonds is 7. The number of anilines is 1. The molecule has 1 atom stereocenters. The predicted molar refractivity (Wildman–Crippen MR) is 145 cm³/mol. The molecule has 1 aliphatic carbocycles. The van der Waals surface area contributed by atoms with Crippen molar-refractivity contribution in [2.45, 2.75) is 69.0 Å². The number of piperidine rings is 1. The Morgan fingerprint density at radius 3 is 2.39 bits per heavy atom. The van der Waals surface area contributed by atoms with Crippen LogP contribution in [0, 0.1) is 0 Å². The van der Waals surface area contributed by atoms with Gasteiger partial charge in [0.1, 0.15) is 12.1 Å². The van der Waals surface area contributed by atoms with Gasteiger partial charge >= 0.3 is 0 Å². The lowest BCUT2D eigenvalue weighted by atomic mass is 9.85. The summed E-state index contributed by atoms with van der Waals surface area (Å²) in [6.07, 6.45) is 10.3. The summed E-state index contributed by atoms with van der Waals surface area (Å²) in [7, 11) is 0. The highest BCUT2D eigenvalue weighted by Gasteiger charge is 2.54. The van der Waals surface area contributed by atoms with Crippen LogP contribution in [0.15, 0.2) is 54.9 Å². The summed E-state index contributed by atoms with van der Waals surface area (Å²) >= 11 is 0. The van der Waals surface area contributed by atoms with Crippen LogP contribution < -0.4 is 16.0 Å². The molecule has 0 radical (unpaired) electrons. The summed E-state index contributed by atoms with van der Waals surface area (Å²) in [4.78, 5) is 49.6. The number of hydrogen-bond acceptors (Lipinski definition) is 6. The highest BCUT2D eigenvalue weighted by Crippen LogP contribution is 2.39. The van der Waals surface area contributed by atoms with E-state index in [1.54, 1.807) is 22.2 Å². The molecule has 2 saturated heterocycles. The Kier molecular flexibility index (Phi) is 7.93. The van der Waals surface area contributed by atoms with Crippen LogP contribution in [0.25, 0.3) is 0 Å². The Morgan fingerprint density at radius 1 is 1.03 bits per heavy atom. The first kappa shape index (κ1) is 26.2. The van der Waals surface area contributed by atoms with Crippen molar-refractivity contribution in [1.82, 2.24) is 20.1 Å². The van der Waals surface area contributed by atoms with Crippen molar-refractivity contribution in [2.24, 2.45) is 5.73 Å². The van der Waals surface area contributed by atoms with Crippen LogP contribution in [0.2, 0.25) is 0 Å². The molecular formula is C29H38N6O3. The lowest BCUT2D eigenvalue weighted by Crippen LogP contribution is -2.59. The molecule has 202 valence electrons. The number of likely N-dealkylation sites (tertiary alicyclic amines) is 1. The van der Waals surface area contributed by atoms with E-state index in [1.807, 2.05) is 42.5 Å². The summed E-state index contributed by atoms with van der Waals surface area (Å²) in [6, 6.07) is 13.2. The summed E-state index contributed by atoms with van der Waals surface area (Å²) in [5.74, 6) is -0.226. The van der Waals surface area contributed by atoms with Crippen LogP contribution in [-0.2, 0) is 20.8 Å². The van der Waals surface area contributed by atoms with Crippen molar-refractivity contribution >= 4 is 23.4 Å². The number of nitrogens with zero attached hydrogens (tertiary/aromatic N) is 4. The van der Waals surface area contributed by atoms with Crippen LogP contribution in [0.5, 0.6) is 0 Å². The third-order valence-corrected chi connectivity index (χ3v) is 8.31. The van der Waals surface area contributed by atoms with Crippen molar-refractivity contribution < 1.29 is 14.4 Å². The fraction of sp³-hybridized carbons (Fsp3) is 0.517. The Labute approximate surface area is 224 Å². The molecule has 3 N–H and O–H groups in total. The van der Waals surface area contributed by atoms with E-state index in [0.29, 0.717) is 39.0 Å². The largest absolute Gasteiger partial charge is 0.352 e. The van der Waals surface area contributed by atoms with E-state index in [2.05, 4.69) is 15.2 Å². The maximum absolute atomic E-state index is 13.9. The zero-order valence-electron chi connectivity index (χ0n) is 21.9. The van der Waals surface area contributed by atoms with Gasteiger partial charge in [0, 0.05) is 37.2 Å². The first-order valence-corrected chi connectivity index (χ1v) is 13.8. The lowest BCUT2D eigenvalue weighted by molar-refractivity contribution is -0.140. The van der Waals surface area contributed by atoms with Crippen molar-refractivity contribution in [3.63, 3.8) is 0 Å². The number of para-hydroxylation sites is 1.